The van der Waals surface area contributed by atoms with Gasteiger partial charge in [0, 0.05) is 32.7 Å². The fourth-order valence-corrected chi connectivity index (χ4v) is 2.22. The maximum absolute atomic E-state index is 11.7. The molecule has 0 aliphatic carbocycles. The van der Waals surface area contributed by atoms with Gasteiger partial charge in [0.2, 0.25) is 5.91 Å². The van der Waals surface area contributed by atoms with Gasteiger partial charge in [0.1, 0.15) is 0 Å². The minimum absolute atomic E-state index is 0.0338. The molecule has 0 aromatic rings. The van der Waals surface area contributed by atoms with E-state index in [0.717, 1.165) is 25.9 Å². The quantitative estimate of drug-likeness (QED) is 0.729. The van der Waals surface area contributed by atoms with E-state index in [1.165, 1.54) is 0 Å². The summed E-state index contributed by atoms with van der Waals surface area (Å²) in [5, 5.41) is 0. The lowest BCUT2D eigenvalue weighted by Crippen LogP contribution is -2.70. The van der Waals surface area contributed by atoms with Crippen LogP contribution in [0.1, 0.15) is 26.7 Å². The molecule has 1 aliphatic heterocycles. The summed E-state index contributed by atoms with van der Waals surface area (Å²) in [6, 6.07) is -0.0338. The molecule has 0 saturated carbocycles. The predicted molar refractivity (Wildman–Crippen MR) is 61.6 cm³/mol. The second-order valence-electron chi connectivity index (χ2n) is 4.93. The molecule has 1 fully saturated rings. The number of hydrogen-bond donors (Lipinski definition) is 1. The number of likely N-dealkylation sites (tertiary alicyclic amines) is 1. The van der Waals surface area contributed by atoms with E-state index in [2.05, 4.69) is 11.8 Å². The van der Waals surface area contributed by atoms with Gasteiger partial charge in [-0.05, 0) is 13.3 Å². The third-order valence-corrected chi connectivity index (χ3v) is 3.13. The Bertz CT molecular complexity index is 234. The Kier molecular flexibility index (Phi) is 3.73. The number of nitrogens with zero attached hydrogens (tertiary/aromatic N) is 2. The Labute approximate surface area is 92.4 Å². The molecular weight excluding hydrogens is 190 g/mol. The number of amides is 1. The highest BCUT2D eigenvalue weighted by atomic mass is 16.2. The van der Waals surface area contributed by atoms with Gasteiger partial charge in [0.25, 0.3) is 0 Å². The van der Waals surface area contributed by atoms with Crippen LogP contribution in [0.5, 0.6) is 0 Å². The standard InChI is InChI=1S/C11H23N3O/c1-5-6-11(12)7-14(8-11)9(2)10(15)13(3)4/h9H,5-8,12H2,1-4H3. The molecule has 0 aromatic heterocycles. The van der Waals surface area contributed by atoms with E-state index in [4.69, 9.17) is 5.73 Å². The molecule has 4 nitrogen and oxygen atoms in total. The van der Waals surface area contributed by atoms with Crippen molar-refractivity contribution in [3.8, 4) is 0 Å². The van der Waals surface area contributed by atoms with E-state index in [1.54, 1.807) is 19.0 Å². The van der Waals surface area contributed by atoms with Crippen molar-refractivity contribution in [2.75, 3.05) is 27.2 Å². The van der Waals surface area contributed by atoms with E-state index in [0.29, 0.717) is 0 Å². The fourth-order valence-electron chi connectivity index (χ4n) is 2.22. The van der Waals surface area contributed by atoms with Crippen LogP contribution in [-0.4, -0.2) is 54.5 Å². The largest absolute Gasteiger partial charge is 0.347 e. The van der Waals surface area contributed by atoms with Crippen molar-refractivity contribution in [3.63, 3.8) is 0 Å². The maximum Gasteiger partial charge on any atom is 0.239 e. The topological polar surface area (TPSA) is 49.6 Å². The molecule has 0 radical (unpaired) electrons. The summed E-state index contributed by atoms with van der Waals surface area (Å²) in [4.78, 5) is 15.5. The lowest BCUT2D eigenvalue weighted by molar-refractivity contribution is -0.137. The third-order valence-electron chi connectivity index (χ3n) is 3.13. The molecule has 1 saturated heterocycles. The van der Waals surface area contributed by atoms with Gasteiger partial charge >= 0.3 is 0 Å². The van der Waals surface area contributed by atoms with Crippen molar-refractivity contribution >= 4 is 5.91 Å². The normalized spacial score (nSPS) is 21.9. The SMILES string of the molecule is CCCC1(N)CN(C(C)C(=O)N(C)C)C1. The summed E-state index contributed by atoms with van der Waals surface area (Å²) >= 11 is 0. The molecule has 1 unspecified atom stereocenters. The van der Waals surface area contributed by atoms with Crippen molar-refractivity contribution in [3.05, 3.63) is 0 Å². The Balaban J connectivity index is 2.41. The molecule has 4 heteroatoms. The highest BCUT2D eigenvalue weighted by Gasteiger charge is 2.42. The van der Waals surface area contributed by atoms with Gasteiger partial charge in [-0.3, -0.25) is 9.69 Å². The molecule has 1 amide bonds. The Morgan fingerprint density at radius 1 is 1.53 bits per heavy atom. The Morgan fingerprint density at radius 3 is 2.47 bits per heavy atom. The number of carbonyl (C=O) groups is 1. The lowest BCUT2D eigenvalue weighted by Gasteiger charge is -2.50. The smallest absolute Gasteiger partial charge is 0.239 e. The number of carbonyl (C=O) groups excluding carboxylic acids is 1. The second-order valence-corrected chi connectivity index (χ2v) is 4.93. The summed E-state index contributed by atoms with van der Waals surface area (Å²) in [7, 11) is 3.58. The molecule has 15 heavy (non-hydrogen) atoms. The molecule has 1 rings (SSSR count). The number of hydrogen-bond acceptors (Lipinski definition) is 3. The lowest BCUT2D eigenvalue weighted by atomic mass is 9.85. The van der Waals surface area contributed by atoms with E-state index in [1.807, 2.05) is 6.92 Å². The van der Waals surface area contributed by atoms with Crippen LogP contribution >= 0.6 is 0 Å². The zero-order valence-electron chi connectivity index (χ0n) is 10.3. The first-order valence-electron chi connectivity index (χ1n) is 5.64. The van der Waals surface area contributed by atoms with Gasteiger partial charge in [-0.2, -0.15) is 0 Å². The summed E-state index contributed by atoms with van der Waals surface area (Å²) in [6.45, 7) is 5.79. The fraction of sp³-hybridized carbons (Fsp3) is 0.909. The van der Waals surface area contributed by atoms with Crippen molar-refractivity contribution in [2.45, 2.75) is 38.3 Å². The molecule has 1 atom stereocenters. The van der Waals surface area contributed by atoms with Crippen molar-refractivity contribution in [2.24, 2.45) is 5.73 Å². The van der Waals surface area contributed by atoms with Crippen molar-refractivity contribution in [1.29, 1.82) is 0 Å². The van der Waals surface area contributed by atoms with Gasteiger partial charge < -0.3 is 10.6 Å². The molecule has 0 spiro atoms. The van der Waals surface area contributed by atoms with E-state index in [-0.39, 0.29) is 17.5 Å². The molecule has 0 aromatic carbocycles. The first-order chi connectivity index (χ1) is 6.89. The van der Waals surface area contributed by atoms with Crippen LogP contribution in [0, 0.1) is 0 Å². The summed E-state index contributed by atoms with van der Waals surface area (Å²) < 4.78 is 0. The minimum atomic E-state index is -0.0460. The summed E-state index contributed by atoms with van der Waals surface area (Å²) in [5.74, 6) is 0.161. The Hall–Kier alpha value is -0.610. The number of rotatable bonds is 4. The zero-order chi connectivity index (χ0) is 11.6. The predicted octanol–water partition coefficient (Wildman–Crippen LogP) is 0.276. The van der Waals surface area contributed by atoms with Gasteiger partial charge in [-0.1, -0.05) is 13.3 Å². The van der Waals surface area contributed by atoms with Crippen molar-refractivity contribution in [1.82, 2.24) is 9.80 Å². The van der Waals surface area contributed by atoms with Crippen LogP contribution in [-0.2, 0) is 4.79 Å². The van der Waals surface area contributed by atoms with Crippen LogP contribution in [0.4, 0.5) is 0 Å². The average molecular weight is 213 g/mol. The molecule has 1 heterocycles. The number of likely N-dealkylation sites (N-methyl/N-ethyl adjacent to an activating group) is 1. The molecule has 0 bridgehead atoms. The van der Waals surface area contributed by atoms with Crippen LogP contribution < -0.4 is 5.73 Å². The minimum Gasteiger partial charge on any atom is -0.347 e. The molecule has 88 valence electrons. The monoisotopic (exact) mass is 213 g/mol. The van der Waals surface area contributed by atoms with Gasteiger partial charge in [-0.25, -0.2) is 0 Å². The van der Waals surface area contributed by atoms with Crippen molar-refractivity contribution < 1.29 is 4.79 Å². The van der Waals surface area contributed by atoms with Gasteiger partial charge in [0.05, 0.1) is 6.04 Å². The van der Waals surface area contributed by atoms with Crippen LogP contribution in [0.15, 0.2) is 0 Å². The van der Waals surface area contributed by atoms with Crippen LogP contribution in [0.3, 0.4) is 0 Å². The Morgan fingerprint density at radius 2 is 2.07 bits per heavy atom. The van der Waals surface area contributed by atoms with Crippen LogP contribution in [0.2, 0.25) is 0 Å². The summed E-state index contributed by atoms with van der Waals surface area (Å²) in [5.41, 5.74) is 6.11. The van der Waals surface area contributed by atoms with Crippen LogP contribution in [0.25, 0.3) is 0 Å². The zero-order valence-corrected chi connectivity index (χ0v) is 10.3. The second kappa shape index (κ2) is 4.49. The maximum atomic E-state index is 11.7. The van der Waals surface area contributed by atoms with Gasteiger partial charge in [-0.15, -0.1) is 0 Å². The van der Waals surface area contributed by atoms with Gasteiger partial charge in [0.15, 0.2) is 0 Å². The highest BCUT2D eigenvalue weighted by molar-refractivity contribution is 5.81. The molecule has 2 N–H and O–H groups in total. The average Bonchev–Trinajstić information content (AvgIpc) is 2.11. The van der Waals surface area contributed by atoms with E-state index >= 15 is 0 Å². The summed E-state index contributed by atoms with van der Waals surface area (Å²) in [6.07, 6.45) is 2.16. The first-order valence-corrected chi connectivity index (χ1v) is 5.64. The third kappa shape index (κ3) is 2.69. The number of nitrogens with two attached hydrogens (primary N) is 1. The molecular formula is C11H23N3O. The van der Waals surface area contributed by atoms with E-state index in [9.17, 15) is 4.79 Å². The first kappa shape index (κ1) is 12.5. The van der Waals surface area contributed by atoms with E-state index < -0.39 is 0 Å². The molecule has 1 aliphatic rings. The highest BCUT2D eigenvalue weighted by Crippen LogP contribution is 2.25.